The van der Waals surface area contributed by atoms with Gasteiger partial charge in [0, 0.05) is 0 Å². The first kappa shape index (κ1) is 18.5. The van der Waals surface area contributed by atoms with Crippen molar-refractivity contribution in [3.63, 3.8) is 0 Å². The summed E-state index contributed by atoms with van der Waals surface area (Å²) in [6, 6.07) is 4.79. The van der Waals surface area contributed by atoms with Crippen LogP contribution in [0.25, 0.3) is 0 Å². The summed E-state index contributed by atoms with van der Waals surface area (Å²) < 4.78 is 9.51. The van der Waals surface area contributed by atoms with Gasteiger partial charge in [-0.2, -0.15) is 0 Å². The number of hydrogen-bond acceptors (Lipinski definition) is 6. The van der Waals surface area contributed by atoms with E-state index in [4.69, 9.17) is 4.74 Å². The molecule has 0 heterocycles. The topological polar surface area (TPSA) is 102 Å². The SMILES string of the molecule is CC[C@H](C)[C@H](NC(=O)COC(=O)c1cccc(O)c1)C(=O)OC. The van der Waals surface area contributed by atoms with Gasteiger partial charge in [0.15, 0.2) is 6.61 Å². The molecule has 1 rings (SSSR count). The number of hydrogen-bond donors (Lipinski definition) is 2. The van der Waals surface area contributed by atoms with E-state index in [2.05, 4.69) is 10.1 Å². The Morgan fingerprint density at radius 1 is 1.30 bits per heavy atom. The number of carbonyl (C=O) groups is 3. The van der Waals surface area contributed by atoms with Crippen molar-refractivity contribution in [1.82, 2.24) is 5.32 Å². The molecule has 0 aliphatic carbocycles. The predicted molar refractivity (Wildman–Crippen MR) is 81.8 cm³/mol. The number of phenolic OH excluding ortho intramolecular Hbond substituents is 1. The quantitative estimate of drug-likeness (QED) is 0.732. The number of aromatic hydroxyl groups is 1. The van der Waals surface area contributed by atoms with Crippen LogP contribution in [0.3, 0.4) is 0 Å². The minimum absolute atomic E-state index is 0.0774. The normalized spacial score (nSPS) is 12.8. The van der Waals surface area contributed by atoms with Crippen molar-refractivity contribution in [3.8, 4) is 5.75 Å². The molecule has 0 aliphatic heterocycles. The van der Waals surface area contributed by atoms with Crippen molar-refractivity contribution in [3.05, 3.63) is 29.8 Å². The molecule has 1 aromatic carbocycles. The van der Waals surface area contributed by atoms with Gasteiger partial charge >= 0.3 is 11.9 Å². The van der Waals surface area contributed by atoms with Gasteiger partial charge in [0.05, 0.1) is 12.7 Å². The van der Waals surface area contributed by atoms with Crippen molar-refractivity contribution in [2.45, 2.75) is 26.3 Å². The molecule has 23 heavy (non-hydrogen) atoms. The fraction of sp³-hybridized carbons (Fsp3) is 0.438. The van der Waals surface area contributed by atoms with Crippen molar-refractivity contribution in [2.24, 2.45) is 5.92 Å². The highest BCUT2D eigenvalue weighted by atomic mass is 16.5. The minimum atomic E-state index is -0.794. The highest BCUT2D eigenvalue weighted by molar-refractivity contribution is 5.92. The summed E-state index contributed by atoms with van der Waals surface area (Å²) in [6.07, 6.45) is 0.670. The first-order chi connectivity index (χ1) is 10.9. The molecule has 0 aromatic heterocycles. The molecular weight excluding hydrogens is 302 g/mol. The summed E-state index contributed by atoms with van der Waals surface area (Å²) in [5, 5.41) is 11.8. The highest BCUT2D eigenvalue weighted by Crippen LogP contribution is 2.12. The van der Waals surface area contributed by atoms with Gasteiger partial charge in [0.2, 0.25) is 0 Å². The number of carbonyl (C=O) groups excluding carboxylic acids is 3. The molecule has 2 N–H and O–H groups in total. The zero-order valence-corrected chi connectivity index (χ0v) is 13.4. The molecule has 0 aliphatic rings. The van der Waals surface area contributed by atoms with E-state index in [9.17, 15) is 19.5 Å². The Morgan fingerprint density at radius 3 is 2.57 bits per heavy atom. The largest absolute Gasteiger partial charge is 0.508 e. The van der Waals surface area contributed by atoms with Gasteiger partial charge in [0.25, 0.3) is 5.91 Å². The second-order valence-corrected chi connectivity index (χ2v) is 5.08. The van der Waals surface area contributed by atoms with E-state index in [0.29, 0.717) is 6.42 Å². The number of ether oxygens (including phenoxy) is 2. The average Bonchev–Trinajstić information content (AvgIpc) is 2.56. The summed E-state index contributed by atoms with van der Waals surface area (Å²) in [5.41, 5.74) is 0.129. The number of rotatable bonds is 7. The highest BCUT2D eigenvalue weighted by Gasteiger charge is 2.27. The molecule has 7 nitrogen and oxygen atoms in total. The molecule has 0 bridgehead atoms. The first-order valence-electron chi connectivity index (χ1n) is 7.22. The minimum Gasteiger partial charge on any atom is -0.508 e. The zero-order valence-electron chi connectivity index (χ0n) is 13.4. The zero-order chi connectivity index (χ0) is 17.4. The lowest BCUT2D eigenvalue weighted by molar-refractivity contribution is -0.147. The summed E-state index contributed by atoms with van der Waals surface area (Å²) >= 11 is 0. The van der Waals surface area contributed by atoms with E-state index in [0.717, 1.165) is 0 Å². The van der Waals surface area contributed by atoms with E-state index >= 15 is 0 Å². The Bertz CT molecular complexity index is 571. The standard InChI is InChI=1S/C16H21NO6/c1-4-10(2)14(16(21)22-3)17-13(19)9-23-15(20)11-6-5-7-12(18)8-11/h5-8,10,14,18H,4,9H2,1-3H3,(H,17,19)/t10-,14-/m0/s1. The van der Waals surface area contributed by atoms with Gasteiger partial charge in [-0.3, -0.25) is 4.79 Å². The van der Waals surface area contributed by atoms with Gasteiger partial charge in [-0.1, -0.05) is 26.3 Å². The van der Waals surface area contributed by atoms with Crippen LogP contribution in [0.1, 0.15) is 30.6 Å². The number of benzene rings is 1. The molecule has 0 saturated carbocycles. The second-order valence-electron chi connectivity index (χ2n) is 5.08. The Labute approximate surface area is 134 Å². The van der Waals surface area contributed by atoms with E-state index in [1.807, 2.05) is 6.92 Å². The second kappa shape index (κ2) is 8.77. The maximum absolute atomic E-state index is 11.9. The number of nitrogens with one attached hydrogen (secondary N) is 1. The van der Waals surface area contributed by atoms with Crippen molar-refractivity contribution >= 4 is 17.8 Å². The van der Waals surface area contributed by atoms with Crippen molar-refractivity contribution < 1.29 is 29.0 Å². The van der Waals surface area contributed by atoms with E-state index in [1.165, 1.54) is 31.4 Å². The third kappa shape index (κ3) is 5.61. The van der Waals surface area contributed by atoms with E-state index < -0.39 is 30.5 Å². The van der Waals surface area contributed by atoms with Crippen molar-refractivity contribution in [2.75, 3.05) is 13.7 Å². The molecule has 0 radical (unpaired) electrons. The molecule has 0 unspecified atom stereocenters. The van der Waals surface area contributed by atoms with Gasteiger partial charge in [0.1, 0.15) is 11.8 Å². The molecule has 1 amide bonds. The fourth-order valence-corrected chi connectivity index (χ4v) is 1.86. The third-order valence-electron chi connectivity index (χ3n) is 3.40. The van der Waals surface area contributed by atoms with Gasteiger partial charge < -0.3 is 19.9 Å². The summed E-state index contributed by atoms with van der Waals surface area (Å²) in [4.78, 5) is 35.3. The molecule has 2 atom stereocenters. The maximum atomic E-state index is 11.9. The lowest BCUT2D eigenvalue weighted by Crippen LogP contribution is -2.47. The van der Waals surface area contributed by atoms with E-state index in [-0.39, 0.29) is 17.2 Å². The molecule has 0 fully saturated rings. The van der Waals surface area contributed by atoms with Crippen LogP contribution in [0.15, 0.2) is 24.3 Å². The third-order valence-corrected chi connectivity index (χ3v) is 3.40. The Kier molecular flexibility index (Phi) is 7.05. The summed E-state index contributed by atoms with van der Waals surface area (Å²) in [6.45, 7) is 3.16. The Balaban J connectivity index is 2.58. The Morgan fingerprint density at radius 2 is 2.00 bits per heavy atom. The maximum Gasteiger partial charge on any atom is 0.338 e. The summed E-state index contributed by atoms with van der Waals surface area (Å²) in [7, 11) is 1.24. The average molecular weight is 323 g/mol. The van der Waals surface area contributed by atoms with Crippen LogP contribution >= 0.6 is 0 Å². The number of phenols is 1. The molecule has 1 aromatic rings. The smallest absolute Gasteiger partial charge is 0.338 e. The van der Waals surface area contributed by atoms with Crippen LogP contribution in [0.5, 0.6) is 5.75 Å². The first-order valence-corrected chi connectivity index (χ1v) is 7.22. The molecule has 0 spiro atoms. The van der Waals surface area contributed by atoms with Gasteiger partial charge in [-0.25, -0.2) is 9.59 Å². The Hall–Kier alpha value is -2.57. The molecule has 7 heteroatoms. The lowest BCUT2D eigenvalue weighted by Gasteiger charge is -2.21. The van der Waals surface area contributed by atoms with Crippen LogP contribution in [-0.4, -0.2) is 42.7 Å². The van der Waals surface area contributed by atoms with Gasteiger partial charge in [-0.15, -0.1) is 0 Å². The van der Waals surface area contributed by atoms with Crippen LogP contribution in [0, 0.1) is 5.92 Å². The molecule has 126 valence electrons. The van der Waals surface area contributed by atoms with Crippen LogP contribution in [-0.2, 0) is 19.1 Å². The van der Waals surface area contributed by atoms with Crippen LogP contribution < -0.4 is 5.32 Å². The molecular formula is C16H21NO6. The monoisotopic (exact) mass is 323 g/mol. The number of esters is 2. The summed E-state index contributed by atoms with van der Waals surface area (Å²) in [5.74, 6) is -2.09. The molecule has 0 saturated heterocycles. The van der Waals surface area contributed by atoms with E-state index in [1.54, 1.807) is 6.92 Å². The fourth-order valence-electron chi connectivity index (χ4n) is 1.86. The predicted octanol–water partition coefficient (Wildman–Crippen LogP) is 1.25. The van der Waals surface area contributed by atoms with Crippen molar-refractivity contribution in [1.29, 1.82) is 0 Å². The van der Waals surface area contributed by atoms with Crippen LogP contribution in [0.2, 0.25) is 0 Å². The number of amides is 1. The number of methoxy groups -OCH3 is 1. The van der Waals surface area contributed by atoms with Gasteiger partial charge in [-0.05, 0) is 24.1 Å². The lowest BCUT2D eigenvalue weighted by atomic mass is 9.99. The van der Waals surface area contributed by atoms with Crippen LogP contribution in [0.4, 0.5) is 0 Å².